The lowest BCUT2D eigenvalue weighted by Crippen LogP contribution is -2.45. The van der Waals surface area contributed by atoms with Gasteiger partial charge in [0.05, 0.1) is 17.9 Å². The molecule has 1 aliphatic rings. The molecule has 0 radical (unpaired) electrons. The number of nitrogens with one attached hydrogen (secondary N) is 1. The van der Waals surface area contributed by atoms with Crippen LogP contribution in [0.5, 0.6) is 0 Å². The first-order chi connectivity index (χ1) is 10.4. The van der Waals surface area contributed by atoms with Crippen LogP contribution in [0.2, 0.25) is 0 Å². The van der Waals surface area contributed by atoms with Crippen LogP contribution in [0.15, 0.2) is 17.2 Å². The number of aryl methyl sites for hydroxylation is 1. The SMILES string of the molecule is CCS(=O)(=O)N1CCCC(C(=O)N/N=C/c2ccc(C)s2)C1. The summed E-state index contributed by atoms with van der Waals surface area (Å²) in [7, 11) is -3.23. The fourth-order valence-electron chi connectivity index (χ4n) is 2.37. The molecule has 0 bridgehead atoms. The monoisotopic (exact) mass is 343 g/mol. The minimum absolute atomic E-state index is 0.0667. The smallest absolute Gasteiger partial charge is 0.244 e. The summed E-state index contributed by atoms with van der Waals surface area (Å²) in [6.07, 6.45) is 3.00. The van der Waals surface area contributed by atoms with E-state index >= 15 is 0 Å². The molecule has 1 aromatic heterocycles. The largest absolute Gasteiger partial charge is 0.273 e. The third-order valence-electron chi connectivity index (χ3n) is 3.64. The molecular formula is C14H21N3O3S2. The van der Waals surface area contributed by atoms with Crippen LogP contribution in [0.3, 0.4) is 0 Å². The number of hydrogen-bond acceptors (Lipinski definition) is 5. The Bertz CT molecular complexity index is 652. The normalized spacial score (nSPS) is 20.4. The van der Waals surface area contributed by atoms with Gasteiger partial charge >= 0.3 is 0 Å². The standard InChI is InChI=1S/C14H21N3O3S2/c1-3-22(19,20)17-8-4-5-12(10-17)14(18)16-15-9-13-7-6-11(2)21-13/h6-7,9,12H,3-5,8,10H2,1-2H3,(H,16,18)/b15-9+. The Balaban J connectivity index is 1.91. The van der Waals surface area contributed by atoms with Gasteiger partial charge in [0.2, 0.25) is 15.9 Å². The van der Waals surface area contributed by atoms with E-state index in [4.69, 9.17) is 0 Å². The maximum Gasteiger partial charge on any atom is 0.244 e. The molecule has 1 unspecified atom stereocenters. The molecular weight excluding hydrogens is 322 g/mol. The summed E-state index contributed by atoms with van der Waals surface area (Å²) in [4.78, 5) is 14.3. The van der Waals surface area contributed by atoms with Crippen LogP contribution < -0.4 is 5.43 Å². The third-order valence-corrected chi connectivity index (χ3v) is 6.42. The average Bonchev–Trinajstić information content (AvgIpc) is 2.92. The summed E-state index contributed by atoms with van der Waals surface area (Å²) in [6.45, 7) is 4.37. The second-order valence-corrected chi connectivity index (χ2v) is 8.86. The highest BCUT2D eigenvalue weighted by Crippen LogP contribution is 2.19. The lowest BCUT2D eigenvalue weighted by Gasteiger charge is -2.30. The van der Waals surface area contributed by atoms with Crippen molar-refractivity contribution in [3.05, 3.63) is 21.9 Å². The second kappa shape index (κ2) is 7.34. The zero-order valence-corrected chi connectivity index (χ0v) is 14.4. The summed E-state index contributed by atoms with van der Waals surface area (Å²) in [5.74, 6) is -0.491. The van der Waals surface area contributed by atoms with Crippen molar-refractivity contribution in [2.24, 2.45) is 11.0 Å². The Kier molecular flexibility index (Phi) is 5.71. The van der Waals surface area contributed by atoms with Crippen LogP contribution >= 0.6 is 11.3 Å². The molecule has 22 heavy (non-hydrogen) atoms. The Morgan fingerprint density at radius 3 is 2.95 bits per heavy atom. The highest BCUT2D eigenvalue weighted by Gasteiger charge is 2.31. The highest BCUT2D eigenvalue weighted by atomic mass is 32.2. The van der Waals surface area contributed by atoms with Crippen LogP contribution in [0.25, 0.3) is 0 Å². The van der Waals surface area contributed by atoms with Gasteiger partial charge in [-0.25, -0.2) is 18.1 Å². The molecule has 0 aliphatic carbocycles. The van der Waals surface area contributed by atoms with E-state index in [1.54, 1.807) is 24.5 Å². The van der Waals surface area contributed by atoms with Gasteiger partial charge in [-0.2, -0.15) is 5.10 Å². The number of hydrazone groups is 1. The van der Waals surface area contributed by atoms with E-state index in [2.05, 4.69) is 10.5 Å². The number of rotatable bonds is 5. The van der Waals surface area contributed by atoms with E-state index in [1.807, 2.05) is 19.1 Å². The van der Waals surface area contributed by atoms with Gasteiger partial charge in [-0.3, -0.25) is 4.79 Å². The van der Waals surface area contributed by atoms with Crippen molar-refractivity contribution in [3.63, 3.8) is 0 Å². The molecule has 1 fully saturated rings. The highest BCUT2D eigenvalue weighted by molar-refractivity contribution is 7.89. The van der Waals surface area contributed by atoms with Gasteiger partial charge in [0.25, 0.3) is 0 Å². The fraction of sp³-hybridized carbons (Fsp3) is 0.571. The number of thiophene rings is 1. The van der Waals surface area contributed by atoms with E-state index in [1.165, 1.54) is 9.18 Å². The number of nitrogens with zero attached hydrogens (tertiary/aromatic N) is 2. The molecule has 6 nitrogen and oxygen atoms in total. The molecule has 1 N–H and O–H groups in total. The van der Waals surface area contributed by atoms with Crippen LogP contribution in [-0.4, -0.2) is 43.7 Å². The molecule has 0 spiro atoms. The van der Waals surface area contributed by atoms with Gasteiger partial charge in [-0.05, 0) is 38.8 Å². The van der Waals surface area contributed by atoms with E-state index < -0.39 is 10.0 Å². The van der Waals surface area contributed by atoms with Crippen molar-refractivity contribution < 1.29 is 13.2 Å². The quantitative estimate of drug-likeness (QED) is 0.651. The maximum absolute atomic E-state index is 12.1. The van der Waals surface area contributed by atoms with Gasteiger partial charge in [-0.1, -0.05) is 0 Å². The minimum atomic E-state index is -3.23. The fourth-order valence-corrected chi connectivity index (χ4v) is 4.29. The minimum Gasteiger partial charge on any atom is -0.273 e. The lowest BCUT2D eigenvalue weighted by molar-refractivity contribution is -0.126. The van der Waals surface area contributed by atoms with Crippen molar-refractivity contribution in [1.29, 1.82) is 0 Å². The number of hydrogen-bond donors (Lipinski definition) is 1. The number of carbonyl (C=O) groups is 1. The maximum atomic E-state index is 12.1. The average molecular weight is 343 g/mol. The Labute approximate surface area is 135 Å². The Morgan fingerprint density at radius 1 is 1.55 bits per heavy atom. The number of piperidine rings is 1. The van der Waals surface area contributed by atoms with Crippen molar-refractivity contribution in [2.45, 2.75) is 26.7 Å². The molecule has 122 valence electrons. The summed E-state index contributed by atoms with van der Waals surface area (Å²) in [6, 6.07) is 3.92. The zero-order valence-electron chi connectivity index (χ0n) is 12.8. The molecule has 2 rings (SSSR count). The summed E-state index contributed by atoms with van der Waals surface area (Å²) in [5, 5.41) is 3.96. The molecule has 0 aromatic carbocycles. The summed E-state index contributed by atoms with van der Waals surface area (Å²) in [5.41, 5.74) is 2.52. The van der Waals surface area contributed by atoms with Gasteiger partial charge in [-0.15, -0.1) is 11.3 Å². The van der Waals surface area contributed by atoms with E-state index in [0.717, 1.165) is 4.88 Å². The second-order valence-electron chi connectivity index (χ2n) is 5.28. The van der Waals surface area contributed by atoms with E-state index in [0.29, 0.717) is 19.4 Å². The van der Waals surface area contributed by atoms with Gasteiger partial charge in [0.1, 0.15) is 0 Å². The molecule has 1 aromatic rings. The van der Waals surface area contributed by atoms with Gasteiger partial charge in [0, 0.05) is 22.8 Å². The topological polar surface area (TPSA) is 78.8 Å². The molecule has 1 aliphatic heterocycles. The lowest BCUT2D eigenvalue weighted by atomic mass is 9.99. The van der Waals surface area contributed by atoms with Crippen molar-refractivity contribution in [3.8, 4) is 0 Å². The van der Waals surface area contributed by atoms with E-state index in [-0.39, 0.29) is 24.1 Å². The predicted molar refractivity (Wildman–Crippen MR) is 88.6 cm³/mol. The molecule has 8 heteroatoms. The molecule has 1 atom stereocenters. The molecule has 1 saturated heterocycles. The first-order valence-corrected chi connectivity index (χ1v) is 9.72. The molecule has 2 heterocycles. The van der Waals surface area contributed by atoms with Crippen LogP contribution in [0.1, 0.15) is 29.5 Å². The van der Waals surface area contributed by atoms with Crippen LogP contribution in [0, 0.1) is 12.8 Å². The summed E-state index contributed by atoms with van der Waals surface area (Å²) < 4.78 is 25.2. The van der Waals surface area contributed by atoms with Crippen molar-refractivity contribution in [2.75, 3.05) is 18.8 Å². The van der Waals surface area contributed by atoms with Crippen molar-refractivity contribution >= 4 is 33.5 Å². The number of amides is 1. The summed E-state index contributed by atoms with van der Waals surface area (Å²) >= 11 is 1.59. The van der Waals surface area contributed by atoms with Gasteiger partial charge < -0.3 is 0 Å². The van der Waals surface area contributed by atoms with E-state index in [9.17, 15) is 13.2 Å². The van der Waals surface area contributed by atoms with Crippen molar-refractivity contribution in [1.82, 2.24) is 9.73 Å². The molecule has 1 amide bonds. The number of carbonyl (C=O) groups excluding carboxylic acids is 1. The Morgan fingerprint density at radius 2 is 2.32 bits per heavy atom. The molecule has 0 saturated carbocycles. The van der Waals surface area contributed by atoms with Crippen LogP contribution in [-0.2, 0) is 14.8 Å². The van der Waals surface area contributed by atoms with Gasteiger partial charge in [0.15, 0.2) is 0 Å². The Hall–Kier alpha value is -1.25. The zero-order chi connectivity index (χ0) is 16.2. The van der Waals surface area contributed by atoms with Crippen LogP contribution in [0.4, 0.5) is 0 Å². The third kappa shape index (κ3) is 4.37. The number of sulfonamides is 1. The first-order valence-electron chi connectivity index (χ1n) is 7.29. The first kappa shape index (κ1) is 17.1. The predicted octanol–water partition coefficient (Wildman–Crippen LogP) is 1.57.